The van der Waals surface area contributed by atoms with Gasteiger partial charge >= 0.3 is 0 Å². The summed E-state index contributed by atoms with van der Waals surface area (Å²) in [6.07, 6.45) is 3.46. The number of nitro benzene ring substituents is 1. The molecule has 0 bridgehead atoms. The van der Waals surface area contributed by atoms with Crippen LogP contribution in [0.2, 0.25) is 0 Å². The predicted molar refractivity (Wildman–Crippen MR) is 67.1 cm³/mol. The lowest BCUT2D eigenvalue weighted by atomic mass is 9.89. The number of hydrogen-bond acceptors (Lipinski definition) is 3. The Morgan fingerprint density at radius 2 is 2.12 bits per heavy atom. The summed E-state index contributed by atoms with van der Waals surface area (Å²) in [5, 5.41) is 14.0. The predicted octanol–water partition coefficient (Wildman–Crippen LogP) is 2.45. The van der Waals surface area contributed by atoms with E-state index in [-0.39, 0.29) is 10.6 Å². The maximum atomic E-state index is 10.7. The van der Waals surface area contributed by atoms with Gasteiger partial charge in [0.25, 0.3) is 5.69 Å². The molecule has 1 fully saturated rings. The highest BCUT2D eigenvalue weighted by Crippen LogP contribution is 2.23. The minimum atomic E-state index is -0.332. The van der Waals surface area contributed by atoms with Crippen LogP contribution in [0.4, 0.5) is 5.69 Å². The summed E-state index contributed by atoms with van der Waals surface area (Å²) in [5.41, 5.74) is 2.48. The van der Waals surface area contributed by atoms with Gasteiger partial charge in [0, 0.05) is 12.1 Å². The van der Waals surface area contributed by atoms with Crippen LogP contribution in [0.3, 0.4) is 0 Å². The van der Waals surface area contributed by atoms with Crippen molar-refractivity contribution in [3.63, 3.8) is 0 Å². The Hall–Kier alpha value is -1.42. The van der Waals surface area contributed by atoms with Crippen LogP contribution in [-0.4, -0.2) is 18.0 Å². The molecule has 1 heterocycles. The summed E-state index contributed by atoms with van der Waals surface area (Å²) in [6, 6.07) is 5.20. The second-order valence-electron chi connectivity index (χ2n) is 4.77. The van der Waals surface area contributed by atoms with E-state index in [2.05, 4.69) is 5.32 Å². The minimum absolute atomic E-state index is 0.191. The van der Waals surface area contributed by atoms with E-state index in [0.717, 1.165) is 31.0 Å². The van der Waals surface area contributed by atoms with E-state index >= 15 is 0 Å². The first-order chi connectivity index (χ1) is 8.16. The number of nitrogens with one attached hydrogen (secondary N) is 1. The van der Waals surface area contributed by atoms with Gasteiger partial charge in [0.05, 0.1) is 4.92 Å². The van der Waals surface area contributed by atoms with E-state index in [0.29, 0.717) is 0 Å². The van der Waals surface area contributed by atoms with Crippen molar-refractivity contribution in [2.45, 2.75) is 26.2 Å². The Morgan fingerprint density at radius 1 is 1.41 bits per heavy atom. The molecule has 0 amide bonds. The van der Waals surface area contributed by atoms with Crippen molar-refractivity contribution in [3.8, 4) is 0 Å². The zero-order valence-electron chi connectivity index (χ0n) is 10.1. The topological polar surface area (TPSA) is 55.2 Å². The van der Waals surface area contributed by atoms with E-state index in [9.17, 15) is 10.1 Å². The second kappa shape index (κ2) is 5.27. The van der Waals surface area contributed by atoms with Crippen molar-refractivity contribution in [2.24, 2.45) is 5.92 Å². The molecular weight excluding hydrogens is 216 g/mol. The van der Waals surface area contributed by atoms with Crippen LogP contribution in [0.25, 0.3) is 0 Å². The first-order valence-corrected chi connectivity index (χ1v) is 6.11. The fourth-order valence-electron chi connectivity index (χ4n) is 2.42. The molecule has 4 nitrogen and oxygen atoms in total. The standard InChI is InChI=1S/C13H18N2O2/c1-10-8-13(15(16)17)3-2-12(10)9-11-4-6-14-7-5-11/h2-3,8,11,14H,4-7,9H2,1H3. The van der Waals surface area contributed by atoms with Crippen molar-refractivity contribution in [3.05, 3.63) is 39.4 Å². The third kappa shape index (κ3) is 3.03. The van der Waals surface area contributed by atoms with Gasteiger partial charge in [0.2, 0.25) is 0 Å². The molecule has 1 aliphatic heterocycles. The monoisotopic (exact) mass is 234 g/mol. The Bertz CT molecular complexity index is 412. The number of nitro groups is 1. The molecule has 17 heavy (non-hydrogen) atoms. The second-order valence-corrected chi connectivity index (χ2v) is 4.77. The number of non-ortho nitro benzene ring substituents is 1. The molecular formula is C13H18N2O2. The van der Waals surface area contributed by atoms with Gasteiger partial charge in [-0.3, -0.25) is 10.1 Å². The minimum Gasteiger partial charge on any atom is -0.317 e. The average molecular weight is 234 g/mol. The molecule has 0 unspecified atom stereocenters. The van der Waals surface area contributed by atoms with Crippen molar-refractivity contribution in [2.75, 3.05) is 13.1 Å². The lowest BCUT2D eigenvalue weighted by molar-refractivity contribution is -0.384. The summed E-state index contributed by atoms with van der Waals surface area (Å²) in [4.78, 5) is 10.3. The molecule has 0 aliphatic carbocycles. The average Bonchev–Trinajstić information content (AvgIpc) is 2.33. The number of piperidine rings is 1. The van der Waals surface area contributed by atoms with E-state index in [1.807, 2.05) is 13.0 Å². The third-order valence-corrected chi connectivity index (χ3v) is 3.50. The van der Waals surface area contributed by atoms with Gasteiger partial charge in [-0.1, -0.05) is 6.07 Å². The van der Waals surface area contributed by atoms with Crippen LogP contribution < -0.4 is 5.32 Å². The molecule has 1 saturated heterocycles. The van der Waals surface area contributed by atoms with E-state index in [1.165, 1.54) is 18.4 Å². The summed E-state index contributed by atoms with van der Waals surface area (Å²) in [5.74, 6) is 0.719. The summed E-state index contributed by atoms with van der Waals surface area (Å²) in [7, 11) is 0. The van der Waals surface area contributed by atoms with Gasteiger partial charge in [-0.2, -0.15) is 0 Å². The highest BCUT2D eigenvalue weighted by atomic mass is 16.6. The fourth-order valence-corrected chi connectivity index (χ4v) is 2.42. The Labute approximate surface area is 101 Å². The maximum Gasteiger partial charge on any atom is 0.269 e. The number of benzene rings is 1. The Balaban J connectivity index is 2.08. The third-order valence-electron chi connectivity index (χ3n) is 3.50. The van der Waals surface area contributed by atoms with Gasteiger partial charge < -0.3 is 5.32 Å². The largest absolute Gasteiger partial charge is 0.317 e. The lowest BCUT2D eigenvalue weighted by Gasteiger charge is -2.23. The van der Waals surface area contributed by atoms with Gasteiger partial charge in [-0.25, -0.2) is 0 Å². The highest BCUT2D eigenvalue weighted by Gasteiger charge is 2.15. The van der Waals surface area contributed by atoms with E-state index in [1.54, 1.807) is 12.1 Å². The van der Waals surface area contributed by atoms with E-state index in [4.69, 9.17) is 0 Å². The summed E-state index contributed by atoms with van der Waals surface area (Å²) >= 11 is 0. The smallest absolute Gasteiger partial charge is 0.269 e. The molecule has 1 aromatic rings. The summed E-state index contributed by atoms with van der Waals surface area (Å²) in [6.45, 7) is 4.15. The zero-order chi connectivity index (χ0) is 12.3. The van der Waals surface area contributed by atoms with Crippen molar-refractivity contribution < 1.29 is 4.92 Å². The van der Waals surface area contributed by atoms with Gasteiger partial charge in [-0.05, 0) is 56.3 Å². The zero-order valence-corrected chi connectivity index (χ0v) is 10.1. The molecule has 1 N–H and O–H groups in total. The highest BCUT2D eigenvalue weighted by molar-refractivity contribution is 5.39. The van der Waals surface area contributed by atoms with Crippen molar-refractivity contribution in [1.29, 1.82) is 0 Å². The van der Waals surface area contributed by atoms with Gasteiger partial charge in [0.1, 0.15) is 0 Å². The molecule has 0 radical (unpaired) electrons. The van der Waals surface area contributed by atoms with Crippen molar-refractivity contribution >= 4 is 5.69 Å². The fraction of sp³-hybridized carbons (Fsp3) is 0.538. The van der Waals surface area contributed by atoms with Crippen LogP contribution in [-0.2, 0) is 6.42 Å². The van der Waals surface area contributed by atoms with Gasteiger partial charge in [-0.15, -0.1) is 0 Å². The number of hydrogen-bond donors (Lipinski definition) is 1. The lowest BCUT2D eigenvalue weighted by Crippen LogP contribution is -2.28. The molecule has 0 spiro atoms. The summed E-state index contributed by atoms with van der Waals surface area (Å²) < 4.78 is 0. The van der Waals surface area contributed by atoms with E-state index < -0.39 is 0 Å². The van der Waals surface area contributed by atoms with Crippen LogP contribution >= 0.6 is 0 Å². The SMILES string of the molecule is Cc1cc([N+](=O)[O-])ccc1CC1CCNCC1. The molecule has 2 rings (SSSR count). The first-order valence-electron chi connectivity index (χ1n) is 6.11. The first kappa shape index (κ1) is 12.0. The van der Waals surface area contributed by atoms with Crippen LogP contribution in [0.1, 0.15) is 24.0 Å². The normalized spacial score (nSPS) is 17.0. The number of aryl methyl sites for hydroxylation is 1. The number of nitrogens with zero attached hydrogens (tertiary/aromatic N) is 1. The molecule has 4 heteroatoms. The molecule has 0 atom stereocenters. The van der Waals surface area contributed by atoms with Crippen LogP contribution in [0, 0.1) is 23.0 Å². The molecule has 0 saturated carbocycles. The Kier molecular flexibility index (Phi) is 3.74. The molecule has 92 valence electrons. The molecule has 1 aromatic carbocycles. The van der Waals surface area contributed by atoms with Crippen molar-refractivity contribution in [1.82, 2.24) is 5.32 Å². The number of rotatable bonds is 3. The quantitative estimate of drug-likeness (QED) is 0.645. The molecule has 1 aliphatic rings. The molecule has 0 aromatic heterocycles. The van der Waals surface area contributed by atoms with Crippen LogP contribution in [0.15, 0.2) is 18.2 Å². The van der Waals surface area contributed by atoms with Crippen LogP contribution in [0.5, 0.6) is 0 Å². The van der Waals surface area contributed by atoms with Gasteiger partial charge in [0.15, 0.2) is 0 Å². The maximum absolute atomic E-state index is 10.7. The Morgan fingerprint density at radius 3 is 2.71 bits per heavy atom.